The van der Waals surface area contributed by atoms with Crippen LogP contribution in [0.5, 0.6) is 0 Å². The van der Waals surface area contributed by atoms with Gasteiger partial charge in [-0.05, 0) is 6.07 Å². The average Bonchev–Trinajstić information content (AvgIpc) is 2.66. The summed E-state index contributed by atoms with van der Waals surface area (Å²) >= 11 is 5.73. The van der Waals surface area contributed by atoms with Gasteiger partial charge in [-0.25, -0.2) is 8.78 Å². The molecule has 0 aromatic heterocycles. The van der Waals surface area contributed by atoms with Gasteiger partial charge in [0, 0.05) is 19.0 Å². The summed E-state index contributed by atoms with van der Waals surface area (Å²) in [6.45, 7) is -0.0983. The highest BCUT2D eigenvalue weighted by atomic mass is 35.5. The summed E-state index contributed by atoms with van der Waals surface area (Å²) < 4.78 is 26.0. The van der Waals surface area contributed by atoms with Crippen LogP contribution in [-0.4, -0.2) is 23.5 Å². The van der Waals surface area contributed by atoms with Crippen LogP contribution in [0.1, 0.15) is 6.42 Å². The van der Waals surface area contributed by atoms with Gasteiger partial charge in [0.15, 0.2) is 11.6 Å². The van der Waals surface area contributed by atoms with Gasteiger partial charge in [0.1, 0.15) is 0 Å². The molecule has 0 radical (unpaired) electrons. The van der Waals surface area contributed by atoms with E-state index in [1.165, 1.54) is 0 Å². The number of hydrogen-bond donors (Lipinski definition) is 1. The van der Waals surface area contributed by atoms with E-state index in [2.05, 4.69) is 0 Å². The molecule has 1 aromatic carbocycles. The summed E-state index contributed by atoms with van der Waals surface area (Å²) in [6, 6.07) is 1.55. The SMILES string of the molecule is O=C(O)C1CC(=O)N(c2cc(F)c(F)cc2Cl)C1. The van der Waals surface area contributed by atoms with Gasteiger partial charge in [-0.2, -0.15) is 0 Å². The van der Waals surface area contributed by atoms with Crippen LogP contribution in [-0.2, 0) is 9.59 Å². The van der Waals surface area contributed by atoms with Gasteiger partial charge in [-0.3, -0.25) is 9.59 Å². The molecular weight excluding hydrogens is 268 g/mol. The number of carbonyl (C=O) groups is 2. The van der Waals surface area contributed by atoms with E-state index in [9.17, 15) is 18.4 Å². The number of nitrogens with zero attached hydrogens (tertiary/aromatic N) is 1. The van der Waals surface area contributed by atoms with E-state index in [1.807, 2.05) is 0 Å². The second-order valence-corrected chi connectivity index (χ2v) is 4.37. The Morgan fingerprint density at radius 1 is 1.39 bits per heavy atom. The molecule has 96 valence electrons. The third-order valence-corrected chi connectivity index (χ3v) is 3.06. The Morgan fingerprint density at radius 3 is 2.56 bits per heavy atom. The predicted octanol–water partition coefficient (Wildman–Crippen LogP) is 2.06. The van der Waals surface area contributed by atoms with Crippen molar-refractivity contribution in [3.05, 3.63) is 28.8 Å². The number of hydrogen-bond acceptors (Lipinski definition) is 2. The van der Waals surface area contributed by atoms with Gasteiger partial charge in [0.25, 0.3) is 0 Å². The van der Waals surface area contributed by atoms with Gasteiger partial charge >= 0.3 is 5.97 Å². The molecule has 0 spiro atoms. The summed E-state index contributed by atoms with van der Waals surface area (Å²) in [6.07, 6.45) is -0.176. The van der Waals surface area contributed by atoms with Crippen LogP contribution in [0.4, 0.5) is 14.5 Å². The monoisotopic (exact) mass is 275 g/mol. The minimum Gasteiger partial charge on any atom is -0.481 e. The second kappa shape index (κ2) is 4.53. The smallest absolute Gasteiger partial charge is 0.308 e. The molecular formula is C11H8ClF2NO3. The number of carboxylic acids is 1. The van der Waals surface area contributed by atoms with Crippen molar-refractivity contribution in [1.82, 2.24) is 0 Å². The van der Waals surface area contributed by atoms with Crippen LogP contribution in [0, 0.1) is 17.6 Å². The van der Waals surface area contributed by atoms with E-state index in [0.29, 0.717) is 0 Å². The lowest BCUT2D eigenvalue weighted by Crippen LogP contribution is -2.26. The Hall–Kier alpha value is -1.69. The first-order chi connectivity index (χ1) is 8.40. The molecule has 2 rings (SSSR count). The molecule has 1 saturated heterocycles. The Morgan fingerprint density at radius 2 is 2.00 bits per heavy atom. The molecule has 1 heterocycles. The number of amides is 1. The minimum absolute atomic E-state index is 0.00989. The van der Waals surface area contributed by atoms with E-state index in [-0.39, 0.29) is 23.7 Å². The largest absolute Gasteiger partial charge is 0.481 e. The first kappa shape index (κ1) is 12.8. The van der Waals surface area contributed by atoms with Crippen molar-refractivity contribution in [3.8, 4) is 0 Å². The zero-order valence-electron chi connectivity index (χ0n) is 8.99. The summed E-state index contributed by atoms with van der Waals surface area (Å²) in [5, 5.41) is 8.69. The fraction of sp³-hybridized carbons (Fsp3) is 0.273. The lowest BCUT2D eigenvalue weighted by Gasteiger charge is -2.17. The van der Waals surface area contributed by atoms with Crippen molar-refractivity contribution < 1.29 is 23.5 Å². The van der Waals surface area contributed by atoms with Crippen molar-refractivity contribution in [1.29, 1.82) is 0 Å². The highest BCUT2D eigenvalue weighted by Gasteiger charge is 2.36. The first-order valence-corrected chi connectivity index (χ1v) is 5.45. The first-order valence-electron chi connectivity index (χ1n) is 5.08. The zero-order valence-corrected chi connectivity index (χ0v) is 9.75. The van der Waals surface area contributed by atoms with Crippen LogP contribution in [0.25, 0.3) is 0 Å². The summed E-state index contributed by atoms with van der Waals surface area (Å²) in [5.74, 6) is -4.70. The molecule has 1 fully saturated rings. The molecule has 1 atom stereocenters. The quantitative estimate of drug-likeness (QED) is 0.841. The molecule has 1 aliphatic rings. The molecule has 1 amide bonds. The van der Waals surface area contributed by atoms with Crippen molar-refractivity contribution >= 4 is 29.2 Å². The lowest BCUT2D eigenvalue weighted by molar-refractivity contribution is -0.141. The van der Waals surface area contributed by atoms with E-state index >= 15 is 0 Å². The molecule has 18 heavy (non-hydrogen) atoms. The fourth-order valence-corrected chi connectivity index (χ4v) is 2.08. The number of carboxylic acid groups (broad SMARTS) is 1. The Labute approximate surface area is 106 Å². The standard InChI is InChI=1S/C11H8ClF2NO3/c12-6-2-7(13)8(14)3-9(6)15-4-5(11(17)18)1-10(15)16/h2-3,5H,1,4H2,(H,17,18). The molecule has 1 aliphatic heterocycles. The third kappa shape index (κ3) is 2.15. The molecule has 0 saturated carbocycles. The van der Waals surface area contributed by atoms with Crippen LogP contribution in [0.15, 0.2) is 12.1 Å². The molecule has 1 N–H and O–H groups in total. The van der Waals surface area contributed by atoms with Gasteiger partial charge in [0.05, 0.1) is 16.6 Å². The highest BCUT2D eigenvalue weighted by Crippen LogP contribution is 2.32. The van der Waals surface area contributed by atoms with E-state index < -0.39 is 29.4 Å². The van der Waals surface area contributed by atoms with Gasteiger partial charge < -0.3 is 10.0 Å². The molecule has 0 bridgehead atoms. The topological polar surface area (TPSA) is 57.6 Å². The Kier molecular flexibility index (Phi) is 3.21. The maximum atomic E-state index is 13.1. The number of rotatable bonds is 2. The molecule has 7 heteroatoms. The van der Waals surface area contributed by atoms with Crippen molar-refractivity contribution in [2.45, 2.75) is 6.42 Å². The fourth-order valence-electron chi connectivity index (χ4n) is 1.82. The number of carbonyl (C=O) groups excluding carboxylic acids is 1. The summed E-state index contributed by atoms with van der Waals surface area (Å²) in [4.78, 5) is 23.5. The van der Waals surface area contributed by atoms with E-state index in [4.69, 9.17) is 16.7 Å². The maximum absolute atomic E-state index is 13.1. The molecule has 1 unspecified atom stereocenters. The zero-order chi connectivity index (χ0) is 13.4. The van der Waals surface area contributed by atoms with Crippen LogP contribution in [0.3, 0.4) is 0 Å². The van der Waals surface area contributed by atoms with Gasteiger partial charge in [-0.15, -0.1) is 0 Å². The minimum atomic E-state index is -1.14. The van der Waals surface area contributed by atoms with Crippen molar-refractivity contribution in [3.63, 3.8) is 0 Å². The lowest BCUT2D eigenvalue weighted by atomic mass is 10.1. The normalized spacial score (nSPS) is 19.4. The average molecular weight is 276 g/mol. The number of halogens is 3. The predicted molar refractivity (Wildman–Crippen MR) is 59.5 cm³/mol. The maximum Gasteiger partial charge on any atom is 0.308 e. The summed E-state index contributed by atoms with van der Waals surface area (Å²) in [5.41, 5.74) is -0.00989. The van der Waals surface area contributed by atoms with Gasteiger partial charge in [-0.1, -0.05) is 11.6 Å². The third-order valence-electron chi connectivity index (χ3n) is 2.75. The van der Waals surface area contributed by atoms with Crippen LogP contribution >= 0.6 is 11.6 Å². The van der Waals surface area contributed by atoms with Crippen LogP contribution < -0.4 is 4.90 Å². The number of aliphatic carboxylic acids is 1. The van der Waals surface area contributed by atoms with Gasteiger partial charge in [0.2, 0.25) is 5.91 Å². The van der Waals surface area contributed by atoms with E-state index in [1.54, 1.807) is 0 Å². The number of anilines is 1. The molecule has 0 aliphatic carbocycles. The summed E-state index contributed by atoms with van der Waals surface area (Å²) in [7, 11) is 0. The Balaban J connectivity index is 2.35. The number of benzene rings is 1. The molecule has 1 aromatic rings. The molecule has 4 nitrogen and oxygen atoms in total. The van der Waals surface area contributed by atoms with Crippen molar-refractivity contribution in [2.75, 3.05) is 11.4 Å². The second-order valence-electron chi connectivity index (χ2n) is 3.96. The van der Waals surface area contributed by atoms with E-state index in [0.717, 1.165) is 17.0 Å². The van der Waals surface area contributed by atoms with Crippen LogP contribution in [0.2, 0.25) is 5.02 Å². The van der Waals surface area contributed by atoms with Crippen molar-refractivity contribution in [2.24, 2.45) is 5.92 Å². The highest BCUT2D eigenvalue weighted by molar-refractivity contribution is 6.33. The Bertz CT molecular complexity index is 535.